The van der Waals surface area contributed by atoms with Gasteiger partial charge in [0.25, 0.3) is 5.56 Å². The summed E-state index contributed by atoms with van der Waals surface area (Å²) in [5.41, 5.74) is 3.91. The molecule has 0 aliphatic rings. The summed E-state index contributed by atoms with van der Waals surface area (Å²) >= 11 is 0. The van der Waals surface area contributed by atoms with E-state index in [2.05, 4.69) is 25.5 Å². The van der Waals surface area contributed by atoms with Crippen molar-refractivity contribution < 1.29 is 0 Å². The Balaban J connectivity index is 1.54. The third kappa shape index (κ3) is 3.55. The zero-order valence-electron chi connectivity index (χ0n) is 18.3. The Morgan fingerprint density at radius 2 is 1.76 bits per heavy atom. The summed E-state index contributed by atoms with van der Waals surface area (Å²) in [5.74, 6) is 0.750. The van der Waals surface area contributed by atoms with Crippen LogP contribution in [0.4, 0.5) is 0 Å². The van der Waals surface area contributed by atoms with Crippen molar-refractivity contribution in [2.45, 2.75) is 33.4 Å². The molecule has 0 radical (unpaired) electrons. The number of aromatic amines is 1. The molecule has 0 spiro atoms. The normalized spacial score (nSPS) is 11.3. The second kappa shape index (κ2) is 8.30. The zero-order chi connectivity index (χ0) is 22.9. The molecular formula is C23H22N8O2. The van der Waals surface area contributed by atoms with Crippen LogP contribution >= 0.6 is 0 Å². The van der Waals surface area contributed by atoms with Gasteiger partial charge in [0, 0.05) is 25.1 Å². The Hall–Kier alpha value is -4.34. The van der Waals surface area contributed by atoms with Crippen LogP contribution in [0, 0.1) is 0 Å². The number of nitrogens with zero attached hydrogens (tertiary/aromatic N) is 7. The molecule has 0 amide bonds. The molecule has 0 saturated carbocycles. The molecule has 0 fully saturated rings. The van der Waals surface area contributed by atoms with Crippen molar-refractivity contribution in [2.24, 2.45) is 0 Å². The van der Waals surface area contributed by atoms with Crippen LogP contribution in [0.2, 0.25) is 0 Å². The van der Waals surface area contributed by atoms with Gasteiger partial charge < -0.3 is 4.57 Å². The number of aryl methyl sites for hydroxylation is 1. The van der Waals surface area contributed by atoms with E-state index in [1.165, 1.54) is 4.57 Å². The van der Waals surface area contributed by atoms with Gasteiger partial charge >= 0.3 is 5.69 Å². The number of imidazole rings is 1. The fourth-order valence-electron chi connectivity index (χ4n) is 4.08. The predicted molar refractivity (Wildman–Crippen MR) is 123 cm³/mol. The van der Waals surface area contributed by atoms with Gasteiger partial charge in [-0.3, -0.25) is 14.3 Å². The van der Waals surface area contributed by atoms with E-state index in [4.69, 9.17) is 0 Å². The molecule has 1 N–H and O–H groups in total. The van der Waals surface area contributed by atoms with E-state index in [0.717, 1.165) is 28.2 Å². The molecule has 5 aromatic rings. The van der Waals surface area contributed by atoms with Crippen molar-refractivity contribution in [3.63, 3.8) is 0 Å². The lowest BCUT2D eigenvalue weighted by Crippen LogP contribution is -2.35. The van der Waals surface area contributed by atoms with Crippen LogP contribution < -0.4 is 11.2 Å². The molecule has 166 valence electrons. The first-order chi connectivity index (χ1) is 16.1. The van der Waals surface area contributed by atoms with Crippen LogP contribution in [0.5, 0.6) is 0 Å². The monoisotopic (exact) mass is 442 g/mol. The highest BCUT2D eigenvalue weighted by Crippen LogP contribution is 2.26. The minimum atomic E-state index is -0.437. The van der Waals surface area contributed by atoms with Gasteiger partial charge in [-0.2, -0.15) is 4.68 Å². The third-order valence-corrected chi connectivity index (χ3v) is 5.70. The Morgan fingerprint density at radius 3 is 2.45 bits per heavy atom. The lowest BCUT2D eigenvalue weighted by atomic mass is 10.0. The Labute approximate surface area is 188 Å². The highest BCUT2D eigenvalue weighted by molar-refractivity contribution is 5.73. The van der Waals surface area contributed by atoms with E-state index < -0.39 is 5.69 Å². The third-order valence-electron chi connectivity index (χ3n) is 5.70. The first-order valence-electron chi connectivity index (χ1n) is 10.7. The largest absolute Gasteiger partial charge is 0.330 e. The number of rotatable bonds is 6. The van der Waals surface area contributed by atoms with E-state index in [-0.39, 0.29) is 5.56 Å². The van der Waals surface area contributed by atoms with Gasteiger partial charge in [0.2, 0.25) is 0 Å². The van der Waals surface area contributed by atoms with Gasteiger partial charge in [0.05, 0.1) is 5.69 Å². The van der Waals surface area contributed by atoms with Gasteiger partial charge in [-0.25, -0.2) is 9.78 Å². The number of para-hydroxylation sites is 1. The number of tetrazole rings is 1. The molecule has 0 bridgehead atoms. The standard InChI is InChI=1S/C23H22N8O2/c1-3-19-25-21-20(22(32)29(4-2)23(33)26-21)30(19)13-15-9-11-16(12-10-15)17-7-5-6-8-18(17)31-14-24-27-28-31/h5-12,14H,3-4,13H2,1-2H3,(H,26,33). The average molecular weight is 442 g/mol. The second-order valence-corrected chi connectivity index (χ2v) is 7.61. The minimum absolute atomic E-state index is 0.298. The summed E-state index contributed by atoms with van der Waals surface area (Å²) < 4.78 is 4.72. The summed E-state index contributed by atoms with van der Waals surface area (Å²) in [4.78, 5) is 32.4. The summed E-state index contributed by atoms with van der Waals surface area (Å²) in [7, 11) is 0. The summed E-state index contributed by atoms with van der Waals surface area (Å²) in [6, 6.07) is 16.0. The maximum absolute atomic E-state index is 13.0. The van der Waals surface area contributed by atoms with Crippen LogP contribution in [-0.4, -0.2) is 39.3 Å². The topological polar surface area (TPSA) is 116 Å². The van der Waals surface area contributed by atoms with Crippen molar-refractivity contribution in [3.8, 4) is 16.8 Å². The molecule has 10 heteroatoms. The molecule has 10 nitrogen and oxygen atoms in total. The van der Waals surface area contributed by atoms with E-state index in [9.17, 15) is 9.59 Å². The summed E-state index contributed by atoms with van der Waals surface area (Å²) in [6.45, 7) is 4.52. The van der Waals surface area contributed by atoms with E-state index >= 15 is 0 Å². The summed E-state index contributed by atoms with van der Waals surface area (Å²) in [5, 5.41) is 11.5. The molecule has 5 rings (SSSR count). The molecular weight excluding hydrogens is 420 g/mol. The first kappa shape index (κ1) is 20.6. The molecule has 3 aromatic heterocycles. The van der Waals surface area contributed by atoms with Gasteiger partial charge in [0.15, 0.2) is 11.2 Å². The smallest absolute Gasteiger partial charge is 0.318 e. The van der Waals surface area contributed by atoms with E-state index in [1.807, 2.05) is 60.0 Å². The number of aromatic nitrogens is 8. The van der Waals surface area contributed by atoms with E-state index in [1.54, 1.807) is 17.9 Å². The highest BCUT2D eigenvalue weighted by atomic mass is 16.2. The highest BCUT2D eigenvalue weighted by Gasteiger charge is 2.17. The molecule has 2 aromatic carbocycles. The fourth-order valence-corrected chi connectivity index (χ4v) is 4.08. The SMILES string of the molecule is CCc1nc2[nH]c(=O)n(CC)c(=O)c2n1Cc1ccc(-c2ccccc2-n2cnnn2)cc1. The van der Waals surface area contributed by atoms with Crippen LogP contribution in [0.15, 0.2) is 64.4 Å². The van der Waals surface area contributed by atoms with Gasteiger partial charge in [-0.1, -0.05) is 49.4 Å². The number of hydrogen-bond acceptors (Lipinski definition) is 6. The first-order valence-corrected chi connectivity index (χ1v) is 10.7. The van der Waals surface area contributed by atoms with E-state index in [0.29, 0.717) is 30.7 Å². The van der Waals surface area contributed by atoms with Crippen molar-refractivity contribution in [3.05, 3.63) is 87.1 Å². The Morgan fingerprint density at radius 1 is 0.970 bits per heavy atom. The predicted octanol–water partition coefficient (Wildman–Crippen LogP) is 2.16. The van der Waals surface area contributed by atoms with Crippen LogP contribution in [0.1, 0.15) is 25.2 Å². The lowest BCUT2D eigenvalue weighted by Gasteiger charge is -2.11. The van der Waals surface area contributed by atoms with Gasteiger partial charge in [-0.05, 0) is 34.5 Å². The average Bonchev–Trinajstić information content (AvgIpc) is 3.48. The number of fused-ring (bicyclic) bond motifs is 1. The Bertz CT molecular complexity index is 1540. The van der Waals surface area contributed by atoms with Crippen LogP contribution in [0.3, 0.4) is 0 Å². The minimum Gasteiger partial charge on any atom is -0.318 e. The molecule has 33 heavy (non-hydrogen) atoms. The molecule has 3 heterocycles. The number of hydrogen-bond donors (Lipinski definition) is 1. The quantitative estimate of drug-likeness (QED) is 0.431. The van der Waals surface area contributed by atoms with Gasteiger partial charge in [0.1, 0.15) is 12.2 Å². The fraction of sp³-hybridized carbons (Fsp3) is 0.217. The number of benzene rings is 2. The number of nitrogens with one attached hydrogen (secondary N) is 1. The van der Waals surface area contributed by atoms with Crippen molar-refractivity contribution >= 4 is 11.2 Å². The Kier molecular flexibility index (Phi) is 5.17. The maximum atomic E-state index is 13.0. The van der Waals surface area contributed by atoms with Crippen molar-refractivity contribution in [2.75, 3.05) is 0 Å². The van der Waals surface area contributed by atoms with Crippen LogP contribution in [0.25, 0.3) is 28.0 Å². The molecule has 0 atom stereocenters. The van der Waals surface area contributed by atoms with Crippen LogP contribution in [-0.2, 0) is 19.5 Å². The lowest BCUT2D eigenvalue weighted by molar-refractivity contribution is 0.674. The molecule has 0 saturated heterocycles. The molecule has 0 aliphatic carbocycles. The maximum Gasteiger partial charge on any atom is 0.330 e. The summed E-state index contributed by atoms with van der Waals surface area (Å²) in [6.07, 6.45) is 2.21. The zero-order valence-corrected chi connectivity index (χ0v) is 18.3. The van der Waals surface area contributed by atoms with Crippen molar-refractivity contribution in [1.82, 2.24) is 39.3 Å². The molecule has 0 unspecified atom stereocenters. The molecule has 0 aliphatic heterocycles. The van der Waals surface area contributed by atoms with Crippen molar-refractivity contribution in [1.29, 1.82) is 0 Å². The van der Waals surface area contributed by atoms with Gasteiger partial charge in [-0.15, -0.1) is 5.10 Å². The number of H-pyrrole nitrogens is 1. The second-order valence-electron chi connectivity index (χ2n) is 7.61.